The number of nitrogens with zero attached hydrogens (tertiary/aromatic N) is 2. The maximum Gasteiger partial charge on any atom is 0.125 e. The van der Waals surface area contributed by atoms with Crippen molar-refractivity contribution in [2.75, 3.05) is 25.5 Å². The standard InChI is InChI=1S/C12H19N3O/c1-13-12-3-2-10(8-14-12)9-15-6-4-11(16)5-7-15/h2-3,8,11,16H,4-7,9H2,1H3,(H,13,14). The first-order valence-corrected chi connectivity index (χ1v) is 5.81. The molecule has 1 aliphatic rings. The van der Waals surface area contributed by atoms with Gasteiger partial charge in [0.1, 0.15) is 5.82 Å². The zero-order valence-electron chi connectivity index (χ0n) is 9.69. The summed E-state index contributed by atoms with van der Waals surface area (Å²) in [6, 6.07) is 4.10. The molecule has 0 aromatic carbocycles. The van der Waals surface area contributed by atoms with Gasteiger partial charge in [0, 0.05) is 32.9 Å². The molecule has 0 spiro atoms. The highest BCUT2D eigenvalue weighted by atomic mass is 16.3. The highest BCUT2D eigenvalue weighted by Crippen LogP contribution is 2.13. The lowest BCUT2D eigenvalue weighted by Crippen LogP contribution is -2.35. The van der Waals surface area contributed by atoms with Crippen LogP contribution in [0.4, 0.5) is 5.82 Å². The van der Waals surface area contributed by atoms with Gasteiger partial charge in [-0.2, -0.15) is 0 Å². The fourth-order valence-corrected chi connectivity index (χ4v) is 2.00. The quantitative estimate of drug-likeness (QED) is 0.802. The van der Waals surface area contributed by atoms with Crippen molar-refractivity contribution in [2.24, 2.45) is 0 Å². The van der Waals surface area contributed by atoms with E-state index in [1.807, 2.05) is 19.3 Å². The summed E-state index contributed by atoms with van der Waals surface area (Å²) in [4.78, 5) is 6.65. The lowest BCUT2D eigenvalue weighted by molar-refractivity contribution is 0.0792. The average Bonchev–Trinajstić information content (AvgIpc) is 2.33. The van der Waals surface area contributed by atoms with Crippen LogP contribution < -0.4 is 5.32 Å². The first-order valence-electron chi connectivity index (χ1n) is 5.81. The molecule has 1 saturated heterocycles. The van der Waals surface area contributed by atoms with Crippen molar-refractivity contribution in [1.29, 1.82) is 0 Å². The van der Waals surface area contributed by atoms with Crippen molar-refractivity contribution in [2.45, 2.75) is 25.5 Å². The minimum absolute atomic E-state index is 0.0963. The van der Waals surface area contributed by atoms with Gasteiger partial charge in [0.25, 0.3) is 0 Å². The molecule has 1 aromatic rings. The molecule has 4 heteroatoms. The zero-order valence-corrected chi connectivity index (χ0v) is 9.69. The lowest BCUT2D eigenvalue weighted by atomic mass is 10.1. The molecular formula is C12H19N3O. The summed E-state index contributed by atoms with van der Waals surface area (Å²) in [6.45, 7) is 2.90. The number of anilines is 1. The highest BCUT2D eigenvalue weighted by Gasteiger charge is 2.16. The van der Waals surface area contributed by atoms with Crippen molar-refractivity contribution in [3.8, 4) is 0 Å². The van der Waals surface area contributed by atoms with E-state index in [0.717, 1.165) is 38.3 Å². The van der Waals surface area contributed by atoms with Crippen LogP contribution in [0, 0.1) is 0 Å². The van der Waals surface area contributed by atoms with Gasteiger partial charge in [0.15, 0.2) is 0 Å². The molecule has 0 saturated carbocycles. The van der Waals surface area contributed by atoms with Crippen molar-refractivity contribution in [3.05, 3.63) is 23.9 Å². The van der Waals surface area contributed by atoms with E-state index in [9.17, 15) is 5.11 Å². The summed E-state index contributed by atoms with van der Waals surface area (Å²) in [6.07, 6.45) is 3.60. The third kappa shape index (κ3) is 2.93. The van der Waals surface area contributed by atoms with Crippen LogP contribution in [0.1, 0.15) is 18.4 Å². The number of rotatable bonds is 3. The Balaban J connectivity index is 1.88. The number of nitrogens with one attached hydrogen (secondary N) is 1. The Hall–Kier alpha value is -1.13. The van der Waals surface area contributed by atoms with E-state index in [1.165, 1.54) is 5.56 Å². The molecule has 0 radical (unpaired) electrons. The van der Waals surface area contributed by atoms with Gasteiger partial charge in [0.2, 0.25) is 0 Å². The summed E-state index contributed by atoms with van der Waals surface area (Å²) >= 11 is 0. The Labute approximate surface area is 96.3 Å². The predicted octanol–water partition coefficient (Wildman–Crippen LogP) is 1.08. The van der Waals surface area contributed by atoms with Gasteiger partial charge in [0.05, 0.1) is 6.10 Å². The fourth-order valence-electron chi connectivity index (χ4n) is 2.00. The number of likely N-dealkylation sites (tertiary alicyclic amines) is 1. The van der Waals surface area contributed by atoms with Crippen LogP contribution in [0.15, 0.2) is 18.3 Å². The second-order valence-electron chi connectivity index (χ2n) is 4.31. The number of pyridine rings is 1. The van der Waals surface area contributed by atoms with Gasteiger partial charge >= 0.3 is 0 Å². The molecule has 4 nitrogen and oxygen atoms in total. The molecule has 2 rings (SSSR count). The van der Waals surface area contributed by atoms with E-state index in [4.69, 9.17) is 0 Å². The van der Waals surface area contributed by atoms with Crippen LogP contribution in [0.3, 0.4) is 0 Å². The van der Waals surface area contributed by atoms with E-state index in [1.54, 1.807) is 0 Å². The van der Waals surface area contributed by atoms with Gasteiger partial charge < -0.3 is 10.4 Å². The normalized spacial score (nSPS) is 18.6. The molecule has 2 heterocycles. The SMILES string of the molecule is CNc1ccc(CN2CCC(O)CC2)cn1. The molecule has 0 bridgehead atoms. The molecule has 2 N–H and O–H groups in total. The van der Waals surface area contributed by atoms with Gasteiger partial charge in [-0.15, -0.1) is 0 Å². The number of aliphatic hydroxyl groups is 1. The van der Waals surface area contributed by atoms with E-state index in [-0.39, 0.29) is 6.10 Å². The highest BCUT2D eigenvalue weighted by molar-refractivity contribution is 5.34. The molecule has 1 aliphatic heterocycles. The molecular weight excluding hydrogens is 202 g/mol. The Morgan fingerprint density at radius 3 is 2.75 bits per heavy atom. The van der Waals surface area contributed by atoms with Crippen LogP contribution in [0.25, 0.3) is 0 Å². The molecule has 0 atom stereocenters. The minimum Gasteiger partial charge on any atom is -0.393 e. The van der Waals surface area contributed by atoms with Gasteiger partial charge in [-0.05, 0) is 24.5 Å². The largest absolute Gasteiger partial charge is 0.393 e. The third-order valence-electron chi connectivity index (χ3n) is 3.04. The summed E-state index contributed by atoms with van der Waals surface area (Å²) in [5.41, 5.74) is 1.23. The van der Waals surface area contributed by atoms with Crippen molar-refractivity contribution in [3.63, 3.8) is 0 Å². The first kappa shape index (κ1) is 11.4. The van der Waals surface area contributed by atoms with E-state index >= 15 is 0 Å². The summed E-state index contributed by atoms with van der Waals surface area (Å²) in [5, 5.41) is 12.4. The lowest BCUT2D eigenvalue weighted by Gasteiger charge is -2.29. The Morgan fingerprint density at radius 2 is 2.19 bits per heavy atom. The second-order valence-corrected chi connectivity index (χ2v) is 4.31. The zero-order chi connectivity index (χ0) is 11.4. The Morgan fingerprint density at radius 1 is 1.44 bits per heavy atom. The van der Waals surface area contributed by atoms with Crippen LogP contribution in [0.2, 0.25) is 0 Å². The summed E-state index contributed by atoms with van der Waals surface area (Å²) in [7, 11) is 1.87. The topological polar surface area (TPSA) is 48.4 Å². The number of piperidine rings is 1. The summed E-state index contributed by atoms with van der Waals surface area (Å²) in [5.74, 6) is 0.901. The number of hydrogen-bond donors (Lipinski definition) is 2. The van der Waals surface area contributed by atoms with Gasteiger partial charge in [-0.25, -0.2) is 4.98 Å². The molecule has 0 amide bonds. The van der Waals surface area contributed by atoms with E-state index in [2.05, 4.69) is 21.3 Å². The van der Waals surface area contributed by atoms with E-state index < -0.39 is 0 Å². The van der Waals surface area contributed by atoms with E-state index in [0.29, 0.717) is 0 Å². The average molecular weight is 221 g/mol. The predicted molar refractivity (Wildman–Crippen MR) is 64.3 cm³/mol. The van der Waals surface area contributed by atoms with Crippen LogP contribution >= 0.6 is 0 Å². The number of hydrogen-bond acceptors (Lipinski definition) is 4. The van der Waals surface area contributed by atoms with Crippen molar-refractivity contribution >= 4 is 5.82 Å². The number of aromatic nitrogens is 1. The van der Waals surface area contributed by atoms with Crippen LogP contribution in [-0.4, -0.2) is 41.2 Å². The van der Waals surface area contributed by atoms with Crippen LogP contribution in [-0.2, 0) is 6.54 Å². The third-order valence-corrected chi connectivity index (χ3v) is 3.04. The Bertz CT molecular complexity index is 318. The molecule has 88 valence electrons. The van der Waals surface area contributed by atoms with Crippen LogP contribution in [0.5, 0.6) is 0 Å². The fraction of sp³-hybridized carbons (Fsp3) is 0.583. The first-order chi connectivity index (χ1) is 7.78. The molecule has 1 fully saturated rings. The van der Waals surface area contributed by atoms with Crippen molar-refractivity contribution in [1.82, 2.24) is 9.88 Å². The smallest absolute Gasteiger partial charge is 0.125 e. The molecule has 1 aromatic heterocycles. The second kappa shape index (κ2) is 5.27. The van der Waals surface area contributed by atoms with Gasteiger partial charge in [-0.3, -0.25) is 4.90 Å². The maximum absolute atomic E-state index is 9.41. The Kier molecular flexibility index (Phi) is 3.74. The van der Waals surface area contributed by atoms with Crippen molar-refractivity contribution < 1.29 is 5.11 Å². The molecule has 0 aliphatic carbocycles. The summed E-state index contributed by atoms with van der Waals surface area (Å²) < 4.78 is 0. The maximum atomic E-state index is 9.41. The number of aliphatic hydroxyl groups excluding tert-OH is 1. The minimum atomic E-state index is -0.0963. The molecule has 0 unspecified atom stereocenters. The van der Waals surface area contributed by atoms with Gasteiger partial charge in [-0.1, -0.05) is 6.07 Å². The molecule has 16 heavy (non-hydrogen) atoms. The monoisotopic (exact) mass is 221 g/mol.